The number of amides is 1. The minimum Gasteiger partial charge on any atom is -0.321 e. The maximum Gasteiger partial charge on any atom is 0.248 e. The Kier molecular flexibility index (Phi) is 4.22. The van der Waals surface area contributed by atoms with Crippen LogP contribution >= 0.6 is 22.9 Å². The minimum absolute atomic E-state index is 0.231. The van der Waals surface area contributed by atoms with Crippen molar-refractivity contribution < 1.29 is 4.79 Å². The van der Waals surface area contributed by atoms with Crippen molar-refractivity contribution in [3.05, 3.63) is 64.1 Å². The lowest BCUT2D eigenvalue weighted by Gasteiger charge is -2.05. The molecule has 0 radical (unpaired) electrons. The van der Waals surface area contributed by atoms with Gasteiger partial charge in [0.15, 0.2) is 0 Å². The quantitative estimate of drug-likeness (QED) is 0.694. The SMILES string of the molecule is Cc1ccc(NC(=O)/C=C/c2nc3ccccc3s2)c(Cl)c1. The van der Waals surface area contributed by atoms with Crippen LogP contribution < -0.4 is 5.32 Å². The first-order valence-corrected chi connectivity index (χ1v) is 7.92. The number of benzene rings is 2. The Morgan fingerprint density at radius 2 is 2.09 bits per heavy atom. The van der Waals surface area contributed by atoms with Gasteiger partial charge in [-0.1, -0.05) is 29.8 Å². The van der Waals surface area contributed by atoms with Gasteiger partial charge in [0.05, 0.1) is 20.9 Å². The molecule has 1 N–H and O–H groups in total. The molecule has 1 aromatic heterocycles. The lowest BCUT2D eigenvalue weighted by molar-refractivity contribution is -0.111. The number of nitrogens with zero attached hydrogens (tertiary/aromatic N) is 1. The maximum absolute atomic E-state index is 12.0. The molecule has 0 aliphatic rings. The first kappa shape index (κ1) is 14.8. The highest BCUT2D eigenvalue weighted by Gasteiger charge is 2.04. The molecule has 0 saturated carbocycles. The fourth-order valence-corrected chi connectivity index (χ4v) is 3.16. The Balaban J connectivity index is 1.73. The minimum atomic E-state index is -0.231. The molecule has 0 bridgehead atoms. The smallest absolute Gasteiger partial charge is 0.248 e. The molecule has 3 aromatic rings. The van der Waals surface area contributed by atoms with Gasteiger partial charge in [-0.15, -0.1) is 11.3 Å². The maximum atomic E-state index is 12.0. The van der Waals surface area contributed by atoms with Crippen LogP contribution in [0.3, 0.4) is 0 Å². The summed E-state index contributed by atoms with van der Waals surface area (Å²) in [5.74, 6) is -0.231. The zero-order valence-corrected chi connectivity index (χ0v) is 13.4. The summed E-state index contributed by atoms with van der Waals surface area (Å²) in [6.07, 6.45) is 3.18. The van der Waals surface area contributed by atoms with Gasteiger partial charge in [-0.25, -0.2) is 4.98 Å². The number of thiazole rings is 1. The number of fused-ring (bicyclic) bond motifs is 1. The van der Waals surface area contributed by atoms with E-state index in [1.807, 2.05) is 43.3 Å². The van der Waals surface area contributed by atoms with Gasteiger partial charge in [0.25, 0.3) is 0 Å². The Bertz CT molecular complexity index is 837. The first-order chi connectivity index (χ1) is 10.6. The highest BCUT2D eigenvalue weighted by molar-refractivity contribution is 7.19. The van der Waals surface area contributed by atoms with Crippen LogP contribution in [0.2, 0.25) is 5.02 Å². The molecule has 0 aliphatic carbocycles. The number of carbonyl (C=O) groups excluding carboxylic acids is 1. The molecular formula is C17H13ClN2OS. The van der Waals surface area contributed by atoms with Crippen LogP contribution in [-0.2, 0) is 4.79 Å². The normalized spacial score (nSPS) is 11.2. The number of aryl methyl sites for hydroxylation is 1. The second-order valence-corrected chi connectivity index (χ2v) is 6.30. The van der Waals surface area contributed by atoms with E-state index in [0.29, 0.717) is 10.7 Å². The third-order valence-electron chi connectivity index (χ3n) is 3.07. The molecule has 1 heterocycles. The molecule has 22 heavy (non-hydrogen) atoms. The lowest BCUT2D eigenvalue weighted by Crippen LogP contribution is -2.08. The van der Waals surface area contributed by atoms with E-state index in [1.165, 1.54) is 6.08 Å². The van der Waals surface area contributed by atoms with Gasteiger partial charge in [-0.2, -0.15) is 0 Å². The summed E-state index contributed by atoms with van der Waals surface area (Å²) in [6, 6.07) is 13.4. The molecule has 0 atom stereocenters. The number of anilines is 1. The van der Waals surface area contributed by atoms with Crippen molar-refractivity contribution in [1.82, 2.24) is 4.98 Å². The molecule has 0 spiro atoms. The standard InChI is InChI=1S/C17H13ClN2OS/c1-11-6-7-13(12(18)10-11)19-16(21)8-9-17-20-14-4-2-3-5-15(14)22-17/h2-10H,1H3,(H,19,21)/b9-8+. The van der Waals surface area contributed by atoms with E-state index >= 15 is 0 Å². The van der Waals surface area contributed by atoms with Crippen molar-refractivity contribution in [1.29, 1.82) is 0 Å². The van der Waals surface area contributed by atoms with Crippen LogP contribution in [0.1, 0.15) is 10.6 Å². The van der Waals surface area contributed by atoms with E-state index in [9.17, 15) is 4.79 Å². The zero-order chi connectivity index (χ0) is 15.5. The molecule has 0 aliphatic heterocycles. The summed E-state index contributed by atoms with van der Waals surface area (Å²) < 4.78 is 1.10. The predicted octanol–water partition coefficient (Wildman–Crippen LogP) is 4.91. The topological polar surface area (TPSA) is 42.0 Å². The van der Waals surface area contributed by atoms with E-state index in [1.54, 1.807) is 23.5 Å². The van der Waals surface area contributed by atoms with Gasteiger partial charge < -0.3 is 5.32 Å². The Morgan fingerprint density at radius 3 is 2.86 bits per heavy atom. The van der Waals surface area contributed by atoms with Crippen molar-refractivity contribution >= 4 is 50.8 Å². The van der Waals surface area contributed by atoms with Crippen molar-refractivity contribution in [3.63, 3.8) is 0 Å². The summed E-state index contributed by atoms with van der Waals surface area (Å²) in [7, 11) is 0. The summed E-state index contributed by atoms with van der Waals surface area (Å²) in [4.78, 5) is 16.4. The molecule has 0 fully saturated rings. The highest BCUT2D eigenvalue weighted by Crippen LogP contribution is 2.24. The summed E-state index contributed by atoms with van der Waals surface area (Å²) in [5.41, 5.74) is 2.59. The fourth-order valence-electron chi connectivity index (χ4n) is 2.00. The van der Waals surface area contributed by atoms with E-state index in [-0.39, 0.29) is 5.91 Å². The van der Waals surface area contributed by atoms with Gasteiger partial charge in [-0.05, 0) is 42.8 Å². The second kappa shape index (κ2) is 6.30. The van der Waals surface area contributed by atoms with Crippen LogP contribution in [0, 0.1) is 6.92 Å². The molecule has 3 rings (SSSR count). The monoisotopic (exact) mass is 328 g/mol. The van der Waals surface area contributed by atoms with Crippen molar-refractivity contribution in [3.8, 4) is 0 Å². The van der Waals surface area contributed by atoms with E-state index in [4.69, 9.17) is 11.6 Å². The van der Waals surface area contributed by atoms with Gasteiger partial charge >= 0.3 is 0 Å². The third-order valence-corrected chi connectivity index (χ3v) is 4.38. The van der Waals surface area contributed by atoms with E-state index in [2.05, 4.69) is 10.3 Å². The molecular weight excluding hydrogens is 316 g/mol. The summed E-state index contributed by atoms with van der Waals surface area (Å²) in [5, 5.41) is 4.09. The Morgan fingerprint density at radius 1 is 1.27 bits per heavy atom. The molecule has 1 amide bonds. The Labute approximate surface area is 137 Å². The number of rotatable bonds is 3. The van der Waals surface area contributed by atoms with Gasteiger partial charge in [-0.3, -0.25) is 4.79 Å². The molecule has 0 unspecified atom stereocenters. The number of halogens is 1. The number of para-hydroxylation sites is 1. The molecule has 5 heteroatoms. The molecule has 110 valence electrons. The van der Waals surface area contributed by atoms with Crippen LogP contribution in [0.15, 0.2) is 48.5 Å². The third kappa shape index (κ3) is 3.35. The van der Waals surface area contributed by atoms with E-state index in [0.717, 1.165) is 20.8 Å². The lowest BCUT2D eigenvalue weighted by atomic mass is 10.2. The summed E-state index contributed by atoms with van der Waals surface area (Å²) >= 11 is 7.64. The number of nitrogens with one attached hydrogen (secondary N) is 1. The highest BCUT2D eigenvalue weighted by atomic mass is 35.5. The van der Waals surface area contributed by atoms with Gasteiger partial charge in [0, 0.05) is 6.08 Å². The number of aromatic nitrogens is 1. The largest absolute Gasteiger partial charge is 0.321 e. The predicted molar refractivity (Wildman–Crippen MR) is 93.5 cm³/mol. The van der Waals surface area contributed by atoms with Crippen molar-refractivity contribution in [2.75, 3.05) is 5.32 Å². The van der Waals surface area contributed by atoms with Gasteiger partial charge in [0.2, 0.25) is 5.91 Å². The van der Waals surface area contributed by atoms with Gasteiger partial charge in [0.1, 0.15) is 5.01 Å². The molecule has 3 nitrogen and oxygen atoms in total. The van der Waals surface area contributed by atoms with Crippen LogP contribution in [-0.4, -0.2) is 10.9 Å². The van der Waals surface area contributed by atoms with Crippen LogP contribution in [0.25, 0.3) is 16.3 Å². The molecule has 0 saturated heterocycles. The fraction of sp³-hybridized carbons (Fsp3) is 0.0588. The average molecular weight is 329 g/mol. The summed E-state index contributed by atoms with van der Waals surface area (Å²) in [6.45, 7) is 1.95. The Hall–Kier alpha value is -2.17. The number of hydrogen-bond acceptors (Lipinski definition) is 3. The van der Waals surface area contributed by atoms with Crippen molar-refractivity contribution in [2.24, 2.45) is 0 Å². The van der Waals surface area contributed by atoms with Crippen LogP contribution in [0.5, 0.6) is 0 Å². The van der Waals surface area contributed by atoms with Crippen molar-refractivity contribution in [2.45, 2.75) is 6.92 Å². The molecule has 2 aromatic carbocycles. The number of carbonyl (C=O) groups is 1. The first-order valence-electron chi connectivity index (χ1n) is 6.72. The van der Waals surface area contributed by atoms with Crippen LogP contribution in [0.4, 0.5) is 5.69 Å². The average Bonchev–Trinajstić information content (AvgIpc) is 2.91. The zero-order valence-electron chi connectivity index (χ0n) is 11.8. The van der Waals surface area contributed by atoms with E-state index < -0.39 is 0 Å². The number of hydrogen-bond donors (Lipinski definition) is 1. The second-order valence-electron chi connectivity index (χ2n) is 4.83.